The molecular weight excluding hydrogens is 208 g/mol. The van der Waals surface area contributed by atoms with E-state index in [1.54, 1.807) is 23.3 Å². The number of amides is 2. The Balaban J connectivity index is 2.47. The molecule has 1 N–H and O–H groups in total. The number of hydrogen-bond donors (Lipinski definition) is 1. The summed E-state index contributed by atoms with van der Waals surface area (Å²) in [5.74, 6) is 0. The van der Waals surface area contributed by atoms with E-state index in [1.807, 2.05) is 38.3 Å². The third-order valence-electron chi connectivity index (χ3n) is 1.80. The lowest BCUT2D eigenvalue weighted by Gasteiger charge is -2.25. The smallest absolute Gasteiger partial charge is 0.317 e. The predicted molar refractivity (Wildman–Crippen MR) is 64.1 cm³/mol. The molecule has 0 aromatic carbocycles. The van der Waals surface area contributed by atoms with Crippen molar-refractivity contribution in [3.8, 4) is 0 Å². The normalized spacial score (nSPS) is 11.2. The fraction of sp³-hybridized carbons (Fsp3) is 0.545. The molecule has 15 heavy (non-hydrogen) atoms. The number of hydrogen-bond acceptors (Lipinski definition) is 2. The second kappa shape index (κ2) is 4.66. The fourth-order valence-corrected chi connectivity index (χ4v) is 1.88. The van der Waals surface area contributed by atoms with Crippen molar-refractivity contribution in [2.24, 2.45) is 0 Å². The summed E-state index contributed by atoms with van der Waals surface area (Å²) >= 11 is 1.66. The number of urea groups is 1. The molecule has 1 heterocycles. The fourth-order valence-electron chi connectivity index (χ4n) is 1.12. The van der Waals surface area contributed by atoms with Crippen LogP contribution in [0, 0.1) is 0 Å². The van der Waals surface area contributed by atoms with Crippen molar-refractivity contribution in [2.75, 3.05) is 7.05 Å². The maximum absolute atomic E-state index is 11.7. The molecule has 0 bridgehead atoms. The van der Waals surface area contributed by atoms with Crippen molar-refractivity contribution < 1.29 is 4.79 Å². The maximum Gasteiger partial charge on any atom is 0.317 e. The zero-order valence-corrected chi connectivity index (χ0v) is 10.5. The van der Waals surface area contributed by atoms with Crippen molar-refractivity contribution >= 4 is 17.4 Å². The summed E-state index contributed by atoms with van der Waals surface area (Å²) in [5.41, 5.74) is -0.180. The van der Waals surface area contributed by atoms with Gasteiger partial charge in [0, 0.05) is 17.5 Å². The Kier molecular flexibility index (Phi) is 3.74. The molecule has 0 aliphatic carbocycles. The molecule has 4 heteroatoms. The first-order valence-electron chi connectivity index (χ1n) is 4.94. The van der Waals surface area contributed by atoms with Gasteiger partial charge in [-0.1, -0.05) is 6.07 Å². The number of carbonyl (C=O) groups is 1. The van der Waals surface area contributed by atoms with E-state index in [2.05, 4.69) is 5.32 Å². The van der Waals surface area contributed by atoms with E-state index in [9.17, 15) is 4.79 Å². The van der Waals surface area contributed by atoms with Crippen LogP contribution >= 0.6 is 11.3 Å². The highest BCUT2D eigenvalue weighted by Gasteiger charge is 2.16. The number of rotatable bonds is 2. The van der Waals surface area contributed by atoms with Gasteiger partial charge >= 0.3 is 6.03 Å². The van der Waals surface area contributed by atoms with Gasteiger partial charge < -0.3 is 10.2 Å². The summed E-state index contributed by atoms with van der Waals surface area (Å²) in [4.78, 5) is 14.6. The van der Waals surface area contributed by atoms with Gasteiger partial charge in [-0.25, -0.2) is 4.79 Å². The highest BCUT2D eigenvalue weighted by Crippen LogP contribution is 2.11. The molecule has 1 aromatic heterocycles. The first kappa shape index (κ1) is 12.0. The highest BCUT2D eigenvalue weighted by atomic mass is 32.1. The molecule has 1 aromatic rings. The van der Waals surface area contributed by atoms with E-state index in [0.717, 1.165) is 0 Å². The van der Waals surface area contributed by atoms with Gasteiger partial charge in [-0.3, -0.25) is 0 Å². The second-order valence-corrected chi connectivity index (χ2v) is 5.65. The molecule has 0 aliphatic heterocycles. The lowest BCUT2D eigenvalue weighted by molar-refractivity contribution is 0.198. The maximum atomic E-state index is 11.7. The summed E-state index contributed by atoms with van der Waals surface area (Å²) in [6, 6.07) is 4.00. The second-order valence-electron chi connectivity index (χ2n) is 4.62. The molecule has 0 saturated heterocycles. The summed E-state index contributed by atoms with van der Waals surface area (Å²) < 4.78 is 0. The topological polar surface area (TPSA) is 32.3 Å². The first-order chi connectivity index (χ1) is 6.88. The molecule has 0 saturated carbocycles. The van der Waals surface area contributed by atoms with E-state index in [-0.39, 0.29) is 11.6 Å². The van der Waals surface area contributed by atoms with Crippen molar-refractivity contribution in [1.82, 2.24) is 10.2 Å². The zero-order chi connectivity index (χ0) is 11.5. The minimum atomic E-state index is -0.180. The molecule has 0 radical (unpaired) electrons. The Morgan fingerprint density at radius 1 is 1.53 bits per heavy atom. The van der Waals surface area contributed by atoms with E-state index in [4.69, 9.17) is 0 Å². The molecule has 84 valence electrons. The average Bonchev–Trinajstić information content (AvgIpc) is 2.53. The van der Waals surface area contributed by atoms with Gasteiger partial charge in [0.1, 0.15) is 0 Å². The van der Waals surface area contributed by atoms with Gasteiger partial charge in [-0.15, -0.1) is 11.3 Å². The zero-order valence-electron chi connectivity index (χ0n) is 9.70. The van der Waals surface area contributed by atoms with Crippen LogP contribution in [-0.4, -0.2) is 23.5 Å². The minimum absolute atomic E-state index is 0.0316. The van der Waals surface area contributed by atoms with E-state index in [0.29, 0.717) is 6.54 Å². The molecule has 1 rings (SSSR count). The van der Waals surface area contributed by atoms with Crippen LogP contribution < -0.4 is 5.32 Å². The van der Waals surface area contributed by atoms with Crippen LogP contribution in [0.15, 0.2) is 17.5 Å². The number of thiophene rings is 1. The summed E-state index contributed by atoms with van der Waals surface area (Å²) in [6.45, 7) is 6.59. The Bertz CT molecular complexity index is 314. The molecule has 0 aliphatic rings. The minimum Gasteiger partial charge on any atom is -0.333 e. The van der Waals surface area contributed by atoms with Gasteiger partial charge in [-0.05, 0) is 32.2 Å². The lowest BCUT2D eigenvalue weighted by Crippen LogP contribution is -2.46. The molecular formula is C11H18N2OS. The quantitative estimate of drug-likeness (QED) is 0.826. The number of nitrogens with one attached hydrogen (secondary N) is 1. The molecule has 0 spiro atoms. The molecule has 3 nitrogen and oxygen atoms in total. The van der Waals surface area contributed by atoms with Crippen LogP contribution in [0.2, 0.25) is 0 Å². The van der Waals surface area contributed by atoms with Crippen molar-refractivity contribution in [3.05, 3.63) is 22.4 Å². The van der Waals surface area contributed by atoms with Crippen LogP contribution in [0.4, 0.5) is 4.79 Å². The van der Waals surface area contributed by atoms with Gasteiger partial charge in [0.2, 0.25) is 0 Å². The predicted octanol–water partition coefficient (Wildman–Crippen LogP) is 2.69. The number of nitrogens with zero attached hydrogens (tertiary/aromatic N) is 1. The monoisotopic (exact) mass is 226 g/mol. The van der Waals surface area contributed by atoms with Crippen molar-refractivity contribution in [1.29, 1.82) is 0 Å². The van der Waals surface area contributed by atoms with Crippen LogP contribution in [-0.2, 0) is 6.54 Å². The Morgan fingerprint density at radius 2 is 2.20 bits per heavy atom. The van der Waals surface area contributed by atoms with Crippen LogP contribution in [0.5, 0.6) is 0 Å². The molecule has 0 fully saturated rings. The van der Waals surface area contributed by atoms with E-state index >= 15 is 0 Å². The van der Waals surface area contributed by atoms with Crippen molar-refractivity contribution in [3.63, 3.8) is 0 Å². The third-order valence-corrected chi connectivity index (χ3v) is 2.66. The molecule has 0 unspecified atom stereocenters. The van der Waals surface area contributed by atoms with Gasteiger partial charge in [0.15, 0.2) is 0 Å². The van der Waals surface area contributed by atoms with E-state index < -0.39 is 0 Å². The summed E-state index contributed by atoms with van der Waals surface area (Å²) in [5, 5.41) is 4.94. The summed E-state index contributed by atoms with van der Waals surface area (Å²) in [6.07, 6.45) is 0. The van der Waals surface area contributed by atoms with Gasteiger partial charge in [-0.2, -0.15) is 0 Å². The Morgan fingerprint density at radius 3 is 2.67 bits per heavy atom. The Hall–Kier alpha value is -1.03. The molecule has 2 amide bonds. The van der Waals surface area contributed by atoms with Crippen LogP contribution in [0.25, 0.3) is 0 Å². The van der Waals surface area contributed by atoms with Crippen LogP contribution in [0.1, 0.15) is 25.6 Å². The largest absolute Gasteiger partial charge is 0.333 e. The third kappa shape index (κ3) is 4.34. The SMILES string of the molecule is CN(Cc1cccs1)C(=O)NC(C)(C)C. The molecule has 0 atom stereocenters. The van der Waals surface area contributed by atoms with Crippen LogP contribution in [0.3, 0.4) is 0 Å². The van der Waals surface area contributed by atoms with E-state index in [1.165, 1.54) is 4.88 Å². The average molecular weight is 226 g/mol. The number of carbonyl (C=O) groups excluding carboxylic acids is 1. The first-order valence-corrected chi connectivity index (χ1v) is 5.82. The standard InChI is InChI=1S/C11H18N2OS/c1-11(2,3)12-10(14)13(4)8-9-6-5-7-15-9/h5-7H,8H2,1-4H3,(H,12,14). The Labute approximate surface area is 95.1 Å². The van der Waals surface area contributed by atoms with Gasteiger partial charge in [0.25, 0.3) is 0 Å². The summed E-state index contributed by atoms with van der Waals surface area (Å²) in [7, 11) is 1.81. The van der Waals surface area contributed by atoms with Crippen molar-refractivity contribution in [2.45, 2.75) is 32.9 Å². The highest BCUT2D eigenvalue weighted by molar-refractivity contribution is 7.09. The lowest BCUT2D eigenvalue weighted by atomic mass is 10.1. The van der Waals surface area contributed by atoms with Gasteiger partial charge in [0.05, 0.1) is 6.54 Å².